The van der Waals surface area contributed by atoms with Gasteiger partial charge >= 0.3 is 0 Å². The molecule has 0 spiro atoms. The Labute approximate surface area is 172 Å². The van der Waals surface area contributed by atoms with Crippen molar-refractivity contribution in [2.24, 2.45) is 4.99 Å². The van der Waals surface area contributed by atoms with E-state index in [2.05, 4.69) is 15.6 Å². The Balaban J connectivity index is 0.00000338. The molecule has 0 fully saturated rings. The number of nitrogens with zero attached hydrogens (tertiary/aromatic N) is 1. The zero-order valence-corrected chi connectivity index (χ0v) is 17.9. The van der Waals surface area contributed by atoms with Crippen molar-refractivity contribution < 1.29 is 14.2 Å². The second-order valence-corrected chi connectivity index (χ2v) is 5.28. The summed E-state index contributed by atoms with van der Waals surface area (Å²) in [5.41, 5.74) is 2.14. The lowest BCUT2D eigenvalue weighted by Gasteiger charge is -2.15. The summed E-state index contributed by atoms with van der Waals surface area (Å²) >= 11 is 0. The molecule has 6 nitrogen and oxygen atoms in total. The van der Waals surface area contributed by atoms with Crippen molar-refractivity contribution in [3.63, 3.8) is 0 Å². The standard InChI is InChI=1S/C19H25N3O3.HI/c1-20-19(21-12-14-8-10-16(23-2)11-9-14)22-13-15-6-5-7-17(24-3)18(15)25-4;/h5-11H,12-13H2,1-4H3,(H2,20,21,22);1H. The van der Waals surface area contributed by atoms with Crippen molar-refractivity contribution in [2.75, 3.05) is 28.4 Å². The zero-order valence-electron chi connectivity index (χ0n) is 15.5. The molecule has 0 radical (unpaired) electrons. The molecular formula is C19H26IN3O3. The molecule has 2 rings (SSSR count). The van der Waals surface area contributed by atoms with Gasteiger partial charge in [-0.25, -0.2) is 0 Å². The Bertz CT molecular complexity index is 706. The van der Waals surface area contributed by atoms with E-state index in [0.717, 1.165) is 22.6 Å². The number of aliphatic imine (C=N–C) groups is 1. The van der Waals surface area contributed by atoms with Gasteiger partial charge in [0.2, 0.25) is 0 Å². The molecule has 0 unspecified atom stereocenters. The summed E-state index contributed by atoms with van der Waals surface area (Å²) < 4.78 is 15.9. The number of rotatable bonds is 7. The fraction of sp³-hybridized carbons (Fsp3) is 0.316. The number of para-hydroxylation sites is 1. The molecule has 2 aromatic rings. The maximum atomic E-state index is 5.45. The summed E-state index contributed by atoms with van der Waals surface area (Å²) in [6, 6.07) is 13.7. The first kappa shape index (κ1) is 21.9. The van der Waals surface area contributed by atoms with Gasteiger partial charge in [-0.2, -0.15) is 0 Å². The molecule has 0 aromatic heterocycles. The van der Waals surface area contributed by atoms with Gasteiger partial charge in [-0.15, -0.1) is 24.0 Å². The topological polar surface area (TPSA) is 64.1 Å². The molecule has 0 bridgehead atoms. The fourth-order valence-corrected chi connectivity index (χ4v) is 2.42. The van der Waals surface area contributed by atoms with Crippen LogP contribution in [0.4, 0.5) is 0 Å². The second kappa shape index (κ2) is 11.5. The molecule has 142 valence electrons. The number of methoxy groups -OCH3 is 3. The fourth-order valence-electron chi connectivity index (χ4n) is 2.42. The quantitative estimate of drug-likeness (QED) is 0.369. The number of benzene rings is 2. The van der Waals surface area contributed by atoms with Gasteiger partial charge in [0.25, 0.3) is 0 Å². The van der Waals surface area contributed by atoms with Gasteiger partial charge in [-0.1, -0.05) is 24.3 Å². The van der Waals surface area contributed by atoms with Gasteiger partial charge in [-0.3, -0.25) is 4.99 Å². The summed E-state index contributed by atoms with van der Waals surface area (Å²) in [5.74, 6) is 2.99. The van der Waals surface area contributed by atoms with Crippen molar-refractivity contribution in [1.29, 1.82) is 0 Å². The highest BCUT2D eigenvalue weighted by Crippen LogP contribution is 2.30. The van der Waals surface area contributed by atoms with Crippen molar-refractivity contribution >= 4 is 29.9 Å². The van der Waals surface area contributed by atoms with E-state index in [1.54, 1.807) is 28.4 Å². The van der Waals surface area contributed by atoms with E-state index < -0.39 is 0 Å². The maximum Gasteiger partial charge on any atom is 0.191 e. The molecule has 0 atom stereocenters. The molecular weight excluding hydrogens is 445 g/mol. The SMILES string of the molecule is CN=C(NCc1ccc(OC)cc1)NCc1cccc(OC)c1OC.I. The van der Waals surface area contributed by atoms with Crippen LogP contribution >= 0.6 is 24.0 Å². The maximum absolute atomic E-state index is 5.45. The van der Waals surface area contributed by atoms with E-state index in [1.165, 1.54) is 0 Å². The number of hydrogen-bond acceptors (Lipinski definition) is 4. The Morgan fingerprint density at radius 3 is 2.15 bits per heavy atom. The summed E-state index contributed by atoms with van der Waals surface area (Å²) in [4.78, 5) is 4.25. The third kappa shape index (κ3) is 5.98. The molecule has 2 N–H and O–H groups in total. The lowest BCUT2D eigenvalue weighted by molar-refractivity contribution is 0.351. The summed E-state index contributed by atoms with van der Waals surface area (Å²) in [6.07, 6.45) is 0. The largest absolute Gasteiger partial charge is 0.497 e. The molecule has 2 aromatic carbocycles. The van der Waals surface area contributed by atoms with Crippen LogP contribution in [0, 0.1) is 0 Å². The summed E-state index contributed by atoms with van der Waals surface area (Å²) in [5, 5.41) is 6.57. The lowest BCUT2D eigenvalue weighted by atomic mass is 10.2. The third-order valence-electron chi connectivity index (χ3n) is 3.77. The van der Waals surface area contributed by atoms with Gasteiger partial charge in [0.1, 0.15) is 5.75 Å². The molecule has 7 heteroatoms. The smallest absolute Gasteiger partial charge is 0.191 e. The molecule has 0 saturated carbocycles. The van der Waals surface area contributed by atoms with Gasteiger partial charge in [0, 0.05) is 25.7 Å². The van der Waals surface area contributed by atoms with Crippen LogP contribution in [0.1, 0.15) is 11.1 Å². The van der Waals surface area contributed by atoms with Gasteiger partial charge in [0.05, 0.1) is 21.3 Å². The Morgan fingerprint density at radius 2 is 1.58 bits per heavy atom. The van der Waals surface area contributed by atoms with Gasteiger partial charge in [-0.05, 0) is 23.8 Å². The minimum absolute atomic E-state index is 0. The average molecular weight is 471 g/mol. The Kier molecular flexibility index (Phi) is 9.64. The van der Waals surface area contributed by atoms with Crippen LogP contribution in [-0.4, -0.2) is 34.3 Å². The van der Waals surface area contributed by atoms with Crippen molar-refractivity contribution in [3.8, 4) is 17.2 Å². The summed E-state index contributed by atoms with van der Waals surface area (Å²) in [6.45, 7) is 1.24. The zero-order chi connectivity index (χ0) is 18.1. The predicted octanol–water partition coefficient (Wildman–Crippen LogP) is 3.20. The van der Waals surface area contributed by atoms with Crippen molar-refractivity contribution in [1.82, 2.24) is 10.6 Å². The van der Waals surface area contributed by atoms with E-state index in [-0.39, 0.29) is 24.0 Å². The highest BCUT2D eigenvalue weighted by atomic mass is 127. The minimum atomic E-state index is 0. The minimum Gasteiger partial charge on any atom is -0.497 e. The Morgan fingerprint density at radius 1 is 0.885 bits per heavy atom. The molecule has 26 heavy (non-hydrogen) atoms. The third-order valence-corrected chi connectivity index (χ3v) is 3.77. The molecule has 0 amide bonds. The van der Waals surface area contributed by atoms with Crippen LogP contribution in [0.15, 0.2) is 47.5 Å². The van der Waals surface area contributed by atoms with Crippen LogP contribution in [0.25, 0.3) is 0 Å². The first-order chi connectivity index (χ1) is 12.2. The number of halogens is 1. The molecule has 0 heterocycles. The van der Waals surface area contributed by atoms with Gasteiger partial charge in [0.15, 0.2) is 17.5 Å². The molecule has 0 aliphatic carbocycles. The van der Waals surface area contributed by atoms with Crippen molar-refractivity contribution in [3.05, 3.63) is 53.6 Å². The number of guanidine groups is 1. The van der Waals surface area contributed by atoms with Crippen LogP contribution in [0.3, 0.4) is 0 Å². The summed E-state index contributed by atoms with van der Waals surface area (Å²) in [7, 11) is 6.67. The number of nitrogens with one attached hydrogen (secondary N) is 2. The Hall–Kier alpha value is -2.16. The average Bonchev–Trinajstić information content (AvgIpc) is 2.68. The monoisotopic (exact) mass is 471 g/mol. The number of hydrogen-bond donors (Lipinski definition) is 2. The van der Waals surface area contributed by atoms with Crippen LogP contribution in [-0.2, 0) is 13.1 Å². The van der Waals surface area contributed by atoms with Crippen LogP contribution in [0.5, 0.6) is 17.2 Å². The van der Waals surface area contributed by atoms with E-state index in [0.29, 0.717) is 24.8 Å². The first-order valence-corrected chi connectivity index (χ1v) is 7.99. The normalized spacial score (nSPS) is 10.5. The second-order valence-electron chi connectivity index (χ2n) is 5.28. The van der Waals surface area contributed by atoms with E-state index in [4.69, 9.17) is 14.2 Å². The molecule has 0 saturated heterocycles. The lowest BCUT2D eigenvalue weighted by Crippen LogP contribution is -2.36. The van der Waals surface area contributed by atoms with E-state index >= 15 is 0 Å². The van der Waals surface area contributed by atoms with E-state index in [9.17, 15) is 0 Å². The van der Waals surface area contributed by atoms with E-state index in [1.807, 2.05) is 42.5 Å². The molecule has 0 aliphatic rings. The van der Waals surface area contributed by atoms with Crippen LogP contribution in [0.2, 0.25) is 0 Å². The predicted molar refractivity (Wildman–Crippen MR) is 115 cm³/mol. The highest BCUT2D eigenvalue weighted by molar-refractivity contribution is 14.0. The molecule has 0 aliphatic heterocycles. The van der Waals surface area contributed by atoms with Crippen molar-refractivity contribution in [2.45, 2.75) is 13.1 Å². The first-order valence-electron chi connectivity index (χ1n) is 7.99. The highest BCUT2D eigenvalue weighted by Gasteiger charge is 2.09. The van der Waals surface area contributed by atoms with Crippen LogP contribution < -0.4 is 24.8 Å². The number of ether oxygens (including phenoxy) is 3. The van der Waals surface area contributed by atoms with Gasteiger partial charge < -0.3 is 24.8 Å².